The number of methoxy groups -OCH3 is 1. The van der Waals surface area contributed by atoms with Crippen molar-refractivity contribution in [2.75, 3.05) is 27.7 Å². The lowest BCUT2D eigenvalue weighted by Crippen LogP contribution is -2.63. The minimum absolute atomic E-state index is 0.0999. The third-order valence-corrected chi connectivity index (χ3v) is 9.44. The van der Waals surface area contributed by atoms with Gasteiger partial charge in [0.15, 0.2) is 6.10 Å². The Morgan fingerprint density at radius 3 is 2.40 bits per heavy atom. The summed E-state index contributed by atoms with van der Waals surface area (Å²) in [5.41, 5.74) is 0.307. The first-order chi connectivity index (χ1) is 19.8. The van der Waals surface area contributed by atoms with Crippen LogP contribution >= 0.6 is 11.8 Å². The highest BCUT2D eigenvalue weighted by molar-refractivity contribution is 8.03. The average Bonchev–Trinajstić information content (AvgIpc) is 3.45. The molecule has 4 rings (SSSR count). The number of hydrogen-bond donors (Lipinski definition) is 2. The maximum atomic E-state index is 13.3. The lowest BCUT2D eigenvalue weighted by Gasteiger charge is -2.46. The molecule has 0 spiro atoms. The molecular weight excluding hydrogens is 572 g/mol. The number of carbonyl (C=O) groups excluding carboxylic acids is 3. The number of nitrogens with zero attached hydrogens (tertiary/aromatic N) is 4. The van der Waals surface area contributed by atoms with Crippen molar-refractivity contribution in [2.45, 2.75) is 56.4 Å². The maximum absolute atomic E-state index is 13.3. The van der Waals surface area contributed by atoms with Gasteiger partial charge in [0.1, 0.15) is 12.3 Å². The summed E-state index contributed by atoms with van der Waals surface area (Å²) in [4.78, 5) is 66.1. The quantitative estimate of drug-likeness (QED) is 0.225. The number of fused-ring (bicyclic) bond motifs is 1. The number of nitro benzene ring substituents is 1. The summed E-state index contributed by atoms with van der Waals surface area (Å²) in [5.74, 6) is -3.12. The first-order valence-corrected chi connectivity index (χ1v) is 14.2. The summed E-state index contributed by atoms with van der Waals surface area (Å²) in [7, 11) is 4.50. The van der Waals surface area contributed by atoms with Crippen LogP contribution in [0.5, 0.6) is 0 Å². The molecule has 3 aliphatic rings. The number of carboxylic acid groups (broad SMARTS) is 1. The Kier molecular flexibility index (Phi) is 9.13. The Morgan fingerprint density at radius 1 is 1.24 bits per heavy atom. The Balaban J connectivity index is 1.56. The molecule has 15 heteroatoms. The highest BCUT2D eigenvalue weighted by atomic mass is 32.2. The van der Waals surface area contributed by atoms with Gasteiger partial charge in [0.25, 0.3) is 11.6 Å². The van der Waals surface area contributed by atoms with Gasteiger partial charge in [-0.1, -0.05) is 6.92 Å². The number of carbonyl (C=O) groups is 4. The Morgan fingerprint density at radius 2 is 1.88 bits per heavy atom. The molecule has 0 saturated carbocycles. The van der Waals surface area contributed by atoms with Crippen molar-refractivity contribution in [3.05, 3.63) is 50.5 Å². The standard InChI is InChI=1S/C27H34N4O10S/c1-13-20-19(14(2)32)24(33)30(20)21(26(35)36)23(13)42-17-10-18(22(40-5)25(34)28(3)4)29(11-17)27(37)41-12-15-6-8-16(9-7-15)31(38)39/h6-9,13-14,17-20,22,32H,10-12H2,1-5H3,(H,35,36)/t13-,14-,17+,18+,19-,20-,22?/m1/s1. The molecule has 1 aromatic carbocycles. The molecule has 7 atom stereocenters. The van der Waals surface area contributed by atoms with Crippen LogP contribution < -0.4 is 0 Å². The summed E-state index contributed by atoms with van der Waals surface area (Å²) in [5, 5.41) is 30.7. The molecular formula is C27H34N4O10S. The summed E-state index contributed by atoms with van der Waals surface area (Å²) < 4.78 is 11.0. The number of non-ortho nitro benzene ring substituents is 1. The molecule has 0 aliphatic carbocycles. The van der Waals surface area contributed by atoms with E-state index in [0.717, 1.165) is 0 Å². The SMILES string of the molecule is COC(C(=O)N(C)C)[C@@H]1C[C@H](SC2=C(C(=O)O)N3C(=O)[C@H]([C@@H](C)O)[C@H]3[C@H]2C)CN1C(=O)OCc1ccc([N+](=O)[O-])cc1. The van der Waals surface area contributed by atoms with Gasteiger partial charge in [0.05, 0.1) is 29.0 Å². The largest absolute Gasteiger partial charge is 0.477 e. The number of amides is 3. The van der Waals surface area contributed by atoms with Crippen LogP contribution in [0.4, 0.5) is 10.5 Å². The van der Waals surface area contributed by atoms with Crippen molar-refractivity contribution in [1.29, 1.82) is 0 Å². The molecule has 3 amide bonds. The molecule has 2 saturated heterocycles. The van der Waals surface area contributed by atoms with Crippen LogP contribution in [0.1, 0.15) is 25.8 Å². The topological polar surface area (TPSA) is 180 Å². The van der Waals surface area contributed by atoms with Crippen LogP contribution in [0.2, 0.25) is 0 Å². The van der Waals surface area contributed by atoms with Gasteiger partial charge >= 0.3 is 12.1 Å². The number of ether oxygens (including phenoxy) is 2. The second kappa shape index (κ2) is 12.3. The van der Waals surface area contributed by atoms with E-state index < -0.39 is 53.1 Å². The van der Waals surface area contributed by atoms with Crippen molar-refractivity contribution in [1.82, 2.24) is 14.7 Å². The highest BCUT2D eigenvalue weighted by Gasteiger charge is 2.60. The zero-order valence-corrected chi connectivity index (χ0v) is 24.6. The molecule has 1 unspecified atom stereocenters. The molecule has 2 N–H and O–H groups in total. The molecule has 42 heavy (non-hydrogen) atoms. The van der Waals surface area contributed by atoms with Crippen molar-refractivity contribution in [2.24, 2.45) is 11.8 Å². The second-order valence-corrected chi connectivity index (χ2v) is 12.2. The van der Waals surface area contributed by atoms with Gasteiger partial charge in [-0.25, -0.2) is 9.59 Å². The zero-order valence-electron chi connectivity index (χ0n) is 23.8. The molecule has 1 aromatic rings. The summed E-state index contributed by atoms with van der Waals surface area (Å²) >= 11 is 1.24. The molecule has 0 aromatic heterocycles. The van der Waals surface area contributed by atoms with E-state index in [4.69, 9.17) is 9.47 Å². The summed E-state index contributed by atoms with van der Waals surface area (Å²) in [6.07, 6.45) is -2.41. The van der Waals surface area contributed by atoms with E-state index >= 15 is 0 Å². The van der Waals surface area contributed by atoms with Crippen LogP contribution in [-0.4, -0.2) is 111 Å². The Labute approximate surface area is 246 Å². The number of thioether (sulfide) groups is 1. The molecule has 3 aliphatic heterocycles. The van der Waals surface area contributed by atoms with Crippen molar-refractivity contribution in [3.8, 4) is 0 Å². The van der Waals surface area contributed by atoms with Gasteiger partial charge in [0.2, 0.25) is 5.91 Å². The number of likely N-dealkylation sites (tertiary alicyclic amines) is 1. The molecule has 3 heterocycles. The fourth-order valence-corrected chi connectivity index (χ4v) is 7.42. The number of β-lactam (4-membered cyclic amide) rings is 1. The van der Waals surface area contributed by atoms with E-state index in [1.807, 2.05) is 6.92 Å². The first kappa shape index (κ1) is 31.3. The predicted octanol–water partition coefficient (Wildman–Crippen LogP) is 1.66. The lowest BCUT2D eigenvalue weighted by molar-refractivity contribution is -0.384. The third kappa shape index (κ3) is 5.68. The molecule has 0 radical (unpaired) electrons. The number of benzene rings is 1. The summed E-state index contributed by atoms with van der Waals surface area (Å²) in [6, 6.07) is 4.35. The monoisotopic (exact) mass is 606 g/mol. The minimum Gasteiger partial charge on any atom is -0.477 e. The molecule has 0 bridgehead atoms. The number of hydrogen-bond acceptors (Lipinski definition) is 10. The predicted molar refractivity (Wildman–Crippen MR) is 149 cm³/mol. The maximum Gasteiger partial charge on any atom is 0.410 e. The number of nitro groups is 1. The number of carboxylic acids is 1. The first-order valence-electron chi connectivity index (χ1n) is 13.3. The number of rotatable bonds is 10. The van der Waals surface area contributed by atoms with Gasteiger partial charge in [-0.05, 0) is 31.0 Å². The van der Waals surface area contributed by atoms with Crippen molar-refractivity contribution in [3.63, 3.8) is 0 Å². The molecule has 14 nitrogen and oxygen atoms in total. The second-order valence-electron chi connectivity index (χ2n) is 10.8. The van der Waals surface area contributed by atoms with Crippen molar-refractivity contribution >= 4 is 41.3 Å². The van der Waals surface area contributed by atoms with Crippen LogP contribution in [0, 0.1) is 22.0 Å². The van der Waals surface area contributed by atoms with Gasteiger partial charge in [-0.2, -0.15) is 0 Å². The summed E-state index contributed by atoms with van der Waals surface area (Å²) in [6.45, 7) is 3.26. The lowest BCUT2D eigenvalue weighted by atomic mass is 9.79. The van der Waals surface area contributed by atoms with Gasteiger partial charge in [-0.3, -0.25) is 19.7 Å². The van der Waals surface area contributed by atoms with Crippen LogP contribution in [0.25, 0.3) is 0 Å². The van der Waals surface area contributed by atoms with E-state index in [9.17, 15) is 39.5 Å². The Hall–Kier alpha value is -3.69. The Bertz CT molecular complexity index is 1300. The zero-order chi connectivity index (χ0) is 31.0. The number of aliphatic hydroxyl groups is 1. The third-order valence-electron chi connectivity index (χ3n) is 7.94. The van der Waals surface area contributed by atoms with E-state index in [0.29, 0.717) is 10.5 Å². The number of likely N-dealkylation sites (N-methyl/N-ethyl adjacent to an activating group) is 1. The van der Waals surface area contributed by atoms with Gasteiger partial charge < -0.3 is 34.4 Å². The molecule has 228 valence electrons. The van der Waals surface area contributed by atoms with Crippen LogP contribution in [0.3, 0.4) is 0 Å². The van der Waals surface area contributed by atoms with E-state index in [-0.39, 0.29) is 48.0 Å². The van der Waals surface area contributed by atoms with E-state index in [1.165, 1.54) is 64.8 Å². The minimum atomic E-state index is -1.25. The molecule has 2 fully saturated rings. The van der Waals surface area contributed by atoms with Gasteiger partial charge in [-0.15, -0.1) is 11.8 Å². The fourth-order valence-electron chi connectivity index (χ4n) is 5.89. The van der Waals surface area contributed by atoms with Crippen LogP contribution in [-0.2, 0) is 30.5 Å². The van der Waals surface area contributed by atoms with Crippen LogP contribution in [0.15, 0.2) is 34.9 Å². The smallest absolute Gasteiger partial charge is 0.410 e. The highest BCUT2D eigenvalue weighted by Crippen LogP contribution is 2.52. The van der Waals surface area contributed by atoms with E-state index in [1.54, 1.807) is 14.1 Å². The van der Waals surface area contributed by atoms with Gasteiger partial charge in [0, 0.05) is 56.0 Å². The number of aliphatic hydroxyl groups excluding tert-OH is 1. The fraction of sp³-hybridized carbons (Fsp3) is 0.556. The van der Waals surface area contributed by atoms with Crippen molar-refractivity contribution < 1.29 is 43.8 Å². The average molecular weight is 607 g/mol. The number of aliphatic carboxylic acids is 1. The normalized spacial score (nSPS) is 26.4. The van der Waals surface area contributed by atoms with E-state index in [2.05, 4.69) is 0 Å².